The summed E-state index contributed by atoms with van der Waals surface area (Å²) in [6, 6.07) is 12.9. The third kappa shape index (κ3) is 8.39. The molecule has 0 spiro atoms. The van der Waals surface area contributed by atoms with Crippen LogP contribution in [-0.4, -0.2) is 64.8 Å². The Bertz CT molecular complexity index is 1350. The maximum atomic E-state index is 13.2. The maximum absolute atomic E-state index is 13.2. The summed E-state index contributed by atoms with van der Waals surface area (Å²) >= 11 is 6.15. The number of aromatic nitrogens is 2. The third-order valence-corrected chi connectivity index (χ3v) is 9.09. The van der Waals surface area contributed by atoms with E-state index in [4.69, 9.17) is 16.6 Å². The second-order valence-electron chi connectivity index (χ2n) is 11.9. The van der Waals surface area contributed by atoms with E-state index in [2.05, 4.69) is 27.1 Å². The first-order chi connectivity index (χ1) is 20.4. The molecule has 2 amide bonds. The van der Waals surface area contributed by atoms with Crippen LogP contribution in [0.3, 0.4) is 0 Å². The van der Waals surface area contributed by atoms with Gasteiger partial charge in [0.05, 0.1) is 11.4 Å². The number of aryl methyl sites for hydroxylation is 1. The number of amides is 2. The number of carbonyl (C=O) groups is 2. The number of pyridine rings is 2. The van der Waals surface area contributed by atoms with E-state index >= 15 is 0 Å². The van der Waals surface area contributed by atoms with Crippen LogP contribution in [0.5, 0.6) is 0 Å². The van der Waals surface area contributed by atoms with Crippen LogP contribution in [-0.2, 0) is 11.2 Å². The Balaban J connectivity index is 1.21. The number of carbonyl (C=O) groups excluding carboxylic acids is 2. The number of nitrogens with zero attached hydrogens (tertiary/aromatic N) is 4. The molecule has 2 aromatic heterocycles. The first-order valence-electron chi connectivity index (χ1n) is 15.4. The minimum Gasteiger partial charge on any atom is -0.341 e. The van der Waals surface area contributed by atoms with Crippen LogP contribution >= 0.6 is 11.6 Å². The maximum Gasteiger partial charge on any atom is 0.255 e. The number of hydrogen-bond donors (Lipinski definition) is 1. The van der Waals surface area contributed by atoms with Crippen LogP contribution in [0.2, 0.25) is 5.02 Å². The van der Waals surface area contributed by atoms with Crippen molar-refractivity contribution >= 4 is 29.1 Å². The minimum absolute atomic E-state index is 0.203. The number of hydrogen-bond acceptors (Lipinski definition) is 5. The molecule has 0 radical (unpaired) electrons. The van der Waals surface area contributed by atoms with Crippen molar-refractivity contribution in [2.75, 3.05) is 38.5 Å². The molecule has 5 rings (SSSR count). The van der Waals surface area contributed by atoms with Gasteiger partial charge in [-0.1, -0.05) is 36.9 Å². The van der Waals surface area contributed by atoms with Crippen molar-refractivity contribution in [3.8, 4) is 11.1 Å². The molecule has 1 aromatic carbocycles. The third-order valence-electron chi connectivity index (χ3n) is 8.85. The Morgan fingerprint density at radius 1 is 0.929 bits per heavy atom. The lowest BCUT2D eigenvalue weighted by molar-refractivity contribution is -0.132. The number of anilines is 1. The van der Waals surface area contributed by atoms with Gasteiger partial charge in [0.25, 0.3) is 5.91 Å². The van der Waals surface area contributed by atoms with Crippen LogP contribution in [0, 0.1) is 11.8 Å². The van der Waals surface area contributed by atoms with Crippen LogP contribution < -0.4 is 5.32 Å². The Morgan fingerprint density at radius 2 is 1.74 bits per heavy atom. The fourth-order valence-electron chi connectivity index (χ4n) is 6.29. The molecule has 222 valence electrons. The molecule has 7 nitrogen and oxygen atoms in total. The fraction of sp³-hybridized carbons (Fsp3) is 0.471. The molecule has 0 bridgehead atoms. The van der Waals surface area contributed by atoms with E-state index in [0.717, 1.165) is 93.6 Å². The predicted octanol–water partition coefficient (Wildman–Crippen LogP) is 6.73. The second-order valence-corrected chi connectivity index (χ2v) is 12.4. The van der Waals surface area contributed by atoms with Gasteiger partial charge in [-0.15, -0.1) is 0 Å². The van der Waals surface area contributed by atoms with E-state index in [1.807, 2.05) is 24.4 Å². The highest BCUT2D eigenvalue weighted by Crippen LogP contribution is 2.33. The van der Waals surface area contributed by atoms with E-state index in [1.54, 1.807) is 36.7 Å². The van der Waals surface area contributed by atoms with Crippen molar-refractivity contribution < 1.29 is 9.59 Å². The Morgan fingerprint density at radius 3 is 2.57 bits per heavy atom. The van der Waals surface area contributed by atoms with Crippen LogP contribution in [0.25, 0.3) is 11.1 Å². The summed E-state index contributed by atoms with van der Waals surface area (Å²) in [5.74, 6) is 1.21. The molecule has 3 aromatic rings. The highest BCUT2D eigenvalue weighted by atomic mass is 35.5. The normalized spacial score (nSPS) is 20.0. The van der Waals surface area contributed by atoms with E-state index in [0.29, 0.717) is 34.7 Å². The molecule has 1 saturated heterocycles. The van der Waals surface area contributed by atoms with Gasteiger partial charge in [0.1, 0.15) is 0 Å². The topological polar surface area (TPSA) is 78.4 Å². The van der Waals surface area contributed by atoms with Crippen molar-refractivity contribution in [3.05, 3.63) is 77.3 Å². The standard InChI is InChI=1S/C34H42ClN5O2/c1-39-17-4-18-40(20-19-39)33(41)21-26-6-2-5-25(9-10-26)11-12-31-32(38-34(42)28-7-3-8-30(35)22-28)23-29(24-37-31)27-13-15-36-16-14-27/h3,7-8,13-16,22-26H,2,4-6,9-12,17-21H2,1H3,(H,38,42). The second kappa shape index (κ2) is 14.7. The van der Waals surface area contributed by atoms with Gasteiger partial charge in [-0.05, 0) is 99.5 Å². The zero-order valence-electron chi connectivity index (χ0n) is 24.6. The van der Waals surface area contributed by atoms with Crippen molar-refractivity contribution in [1.82, 2.24) is 19.8 Å². The van der Waals surface area contributed by atoms with E-state index in [-0.39, 0.29) is 5.91 Å². The summed E-state index contributed by atoms with van der Waals surface area (Å²) in [6.07, 6.45) is 14.7. The lowest BCUT2D eigenvalue weighted by atomic mass is 9.92. The van der Waals surface area contributed by atoms with Crippen molar-refractivity contribution in [2.45, 2.75) is 57.8 Å². The van der Waals surface area contributed by atoms with Gasteiger partial charge in [0, 0.05) is 60.8 Å². The predicted molar refractivity (Wildman–Crippen MR) is 169 cm³/mol. The van der Waals surface area contributed by atoms with E-state index in [9.17, 15) is 9.59 Å². The fourth-order valence-corrected chi connectivity index (χ4v) is 6.48. The highest BCUT2D eigenvalue weighted by molar-refractivity contribution is 6.31. The molecule has 1 N–H and O–H groups in total. The molecule has 42 heavy (non-hydrogen) atoms. The average Bonchev–Trinajstić information content (AvgIpc) is 3.37. The number of benzene rings is 1. The molecule has 8 heteroatoms. The molecule has 1 saturated carbocycles. The SMILES string of the molecule is CN1CCCN(C(=O)CC2CCCC(CCc3ncc(-c4ccncc4)cc3NC(=O)c3cccc(Cl)c3)CC2)CC1. The summed E-state index contributed by atoms with van der Waals surface area (Å²) in [7, 11) is 2.14. The molecule has 2 atom stereocenters. The lowest BCUT2D eigenvalue weighted by Gasteiger charge is -2.23. The summed E-state index contributed by atoms with van der Waals surface area (Å²) in [5.41, 5.74) is 4.07. The van der Waals surface area contributed by atoms with Crippen LogP contribution in [0.4, 0.5) is 5.69 Å². The van der Waals surface area contributed by atoms with Gasteiger partial charge in [-0.3, -0.25) is 19.6 Å². The highest BCUT2D eigenvalue weighted by Gasteiger charge is 2.25. The van der Waals surface area contributed by atoms with Gasteiger partial charge >= 0.3 is 0 Å². The zero-order chi connectivity index (χ0) is 29.3. The van der Waals surface area contributed by atoms with Crippen molar-refractivity contribution in [3.63, 3.8) is 0 Å². The quantitative estimate of drug-likeness (QED) is 0.296. The monoisotopic (exact) mass is 587 g/mol. The minimum atomic E-state index is -0.203. The number of likely N-dealkylation sites (N-methyl/N-ethyl adjacent to an activating group) is 1. The molecule has 3 heterocycles. The van der Waals surface area contributed by atoms with Gasteiger partial charge in [0.2, 0.25) is 5.91 Å². The Kier molecular flexibility index (Phi) is 10.6. The number of halogens is 1. The molecule has 2 unspecified atom stereocenters. The molecular formula is C34H42ClN5O2. The van der Waals surface area contributed by atoms with E-state index < -0.39 is 0 Å². The molecule has 1 aliphatic heterocycles. The first-order valence-corrected chi connectivity index (χ1v) is 15.7. The number of rotatable bonds is 8. The van der Waals surface area contributed by atoms with Crippen LogP contribution in [0.15, 0.2) is 61.1 Å². The van der Waals surface area contributed by atoms with Gasteiger partial charge in [-0.2, -0.15) is 0 Å². The van der Waals surface area contributed by atoms with E-state index in [1.165, 1.54) is 6.42 Å². The van der Waals surface area contributed by atoms with Crippen molar-refractivity contribution in [1.29, 1.82) is 0 Å². The van der Waals surface area contributed by atoms with Gasteiger partial charge in [-0.25, -0.2) is 0 Å². The number of nitrogens with one attached hydrogen (secondary N) is 1. The molecule has 2 fully saturated rings. The zero-order valence-corrected chi connectivity index (χ0v) is 25.4. The summed E-state index contributed by atoms with van der Waals surface area (Å²) < 4.78 is 0. The van der Waals surface area contributed by atoms with Crippen molar-refractivity contribution in [2.24, 2.45) is 11.8 Å². The first kappa shape index (κ1) is 30.2. The molecular weight excluding hydrogens is 546 g/mol. The van der Waals surface area contributed by atoms with Gasteiger partial charge < -0.3 is 15.1 Å². The largest absolute Gasteiger partial charge is 0.341 e. The average molecular weight is 588 g/mol. The Labute approximate surface area is 254 Å². The lowest BCUT2D eigenvalue weighted by Crippen LogP contribution is -2.35. The molecule has 1 aliphatic carbocycles. The summed E-state index contributed by atoms with van der Waals surface area (Å²) in [4.78, 5) is 39.6. The Hall–Kier alpha value is -3.29. The summed E-state index contributed by atoms with van der Waals surface area (Å²) in [6.45, 7) is 3.79. The molecule has 2 aliphatic rings. The van der Waals surface area contributed by atoms with Gasteiger partial charge in [0.15, 0.2) is 0 Å². The van der Waals surface area contributed by atoms with Crippen LogP contribution in [0.1, 0.15) is 67.4 Å². The smallest absolute Gasteiger partial charge is 0.255 e. The summed E-state index contributed by atoms with van der Waals surface area (Å²) in [5, 5.41) is 3.64.